The summed E-state index contributed by atoms with van der Waals surface area (Å²) in [5, 5.41) is 11.0. The number of carbonyl (C=O) groups is 2. The van der Waals surface area contributed by atoms with Crippen molar-refractivity contribution in [1.29, 1.82) is 0 Å². The first-order valence-corrected chi connectivity index (χ1v) is 7.73. The van der Waals surface area contributed by atoms with Gasteiger partial charge in [0.15, 0.2) is 17.3 Å². The van der Waals surface area contributed by atoms with Crippen molar-refractivity contribution in [1.82, 2.24) is 15.0 Å². The topological polar surface area (TPSA) is 103 Å². The molecule has 3 aromatic rings. The number of hydrogen-bond acceptors (Lipinski definition) is 5. The van der Waals surface area contributed by atoms with E-state index in [1.54, 1.807) is 48.5 Å². The fraction of sp³-hybridized carbons (Fsp3) is 0.0588. The van der Waals surface area contributed by atoms with Crippen molar-refractivity contribution in [3.05, 3.63) is 64.8 Å². The molecule has 2 aromatic carbocycles. The molecule has 0 bridgehead atoms. The minimum Gasteiger partial charge on any atom is -0.382 e. The van der Waals surface area contributed by atoms with Crippen LogP contribution in [0.1, 0.15) is 27.8 Å². The zero-order valence-corrected chi connectivity index (χ0v) is 14.0. The Labute approximate surface area is 148 Å². The molecule has 0 spiro atoms. The largest absolute Gasteiger partial charge is 0.382 e. The number of rotatable bonds is 4. The lowest BCUT2D eigenvalue weighted by Gasteiger charge is -2.05. The number of halogens is 1. The number of Topliss-reactive ketones (excluding diaryl/α,β-unsaturated/α-hetero) is 1. The summed E-state index contributed by atoms with van der Waals surface area (Å²) in [5.74, 6) is -0.429. The van der Waals surface area contributed by atoms with E-state index in [9.17, 15) is 9.59 Å². The molecule has 0 saturated heterocycles. The second kappa shape index (κ2) is 6.74. The van der Waals surface area contributed by atoms with Gasteiger partial charge < -0.3 is 11.1 Å². The van der Waals surface area contributed by atoms with E-state index in [-0.39, 0.29) is 17.3 Å². The van der Waals surface area contributed by atoms with Gasteiger partial charge in [0, 0.05) is 16.3 Å². The van der Waals surface area contributed by atoms with Crippen LogP contribution in [0.4, 0.5) is 11.5 Å². The van der Waals surface area contributed by atoms with Crippen molar-refractivity contribution < 1.29 is 9.59 Å². The smallest absolute Gasteiger partial charge is 0.280 e. The van der Waals surface area contributed by atoms with Gasteiger partial charge in [-0.25, -0.2) is 0 Å². The molecule has 7 nitrogen and oxygen atoms in total. The lowest BCUT2D eigenvalue weighted by atomic mass is 10.1. The highest BCUT2D eigenvalue weighted by Crippen LogP contribution is 2.19. The van der Waals surface area contributed by atoms with Crippen LogP contribution in [0.15, 0.2) is 48.5 Å². The Morgan fingerprint density at radius 3 is 2.32 bits per heavy atom. The molecule has 0 radical (unpaired) electrons. The van der Waals surface area contributed by atoms with Crippen LogP contribution in [0.25, 0.3) is 5.69 Å². The van der Waals surface area contributed by atoms with Crippen LogP contribution in [0.5, 0.6) is 0 Å². The summed E-state index contributed by atoms with van der Waals surface area (Å²) in [7, 11) is 0. The van der Waals surface area contributed by atoms with Crippen LogP contribution in [0, 0.1) is 0 Å². The third-order valence-electron chi connectivity index (χ3n) is 3.54. The first-order valence-electron chi connectivity index (χ1n) is 7.35. The molecule has 0 aliphatic heterocycles. The van der Waals surface area contributed by atoms with Crippen molar-refractivity contribution in [2.24, 2.45) is 0 Å². The molecule has 8 heteroatoms. The minimum atomic E-state index is -0.492. The van der Waals surface area contributed by atoms with Crippen LogP contribution >= 0.6 is 11.6 Å². The zero-order valence-electron chi connectivity index (χ0n) is 13.2. The Hall–Kier alpha value is -3.19. The van der Waals surface area contributed by atoms with E-state index in [2.05, 4.69) is 15.6 Å². The number of nitrogens with one attached hydrogen (secondary N) is 1. The van der Waals surface area contributed by atoms with Gasteiger partial charge in [-0.1, -0.05) is 16.8 Å². The molecule has 3 rings (SSSR count). The number of anilines is 2. The molecule has 0 atom stereocenters. The Balaban J connectivity index is 1.81. The van der Waals surface area contributed by atoms with E-state index in [1.807, 2.05) is 0 Å². The van der Waals surface area contributed by atoms with E-state index >= 15 is 0 Å². The monoisotopic (exact) mass is 355 g/mol. The number of ketones is 1. The average molecular weight is 356 g/mol. The fourth-order valence-corrected chi connectivity index (χ4v) is 2.33. The van der Waals surface area contributed by atoms with Gasteiger partial charge in [-0.15, -0.1) is 5.10 Å². The molecule has 0 aliphatic carbocycles. The number of nitrogens with zero attached hydrogens (tertiary/aromatic N) is 3. The number of amides is 1. The van der Waals surface area contributed by atoms with Crippen LogP contribution in [0.3, 0.4) is 0 Å². The molecule has 1 heterocycles. The van der Waals surface area contributed by atoms with E-state index in [0.717, 1.165) is 0 Å². The van der Waals surface area contributed by atoms with E-state index in [1.165, 1.54) is 11.6 Å². The van der Waals surface area contributed by atoms with Crippen LogP contribution < -0.4 is 11.1 Å². The highest BCUT2D eigenvalue weighted by molar-refractivity contribution is 6.30. The lowest BCUT2D eigenvalue weighted by molar-refractivity contribution is 0.101. The summed E-state index contributed by atoms with van der Waals surface area (Å²) >= 11 is 5.85. The molecule has 1 amide bonds. The second-order valence-electron chi connectivity index (χ2n) is 5.30. The molecule has 25 heavy (non-hydrogen) atoms. The maximum atomic E-state index is 12.4. The third kappa shape index (κ3) is 3.51. The van der Waals surface area contributed by atoms with Crippen molar-refractivity contribution in [2.45, 2.75) is 6.92 Å². The SMILES string of the molecule is CC(=O)c1ccc(NC(=O)c2nnn(-c3ccc(Cl)cc3)c2N)cc1. The Morgan fingerprint density at radius 2 is 1.72 bits per heavy atom. The van der Waals surface area contributed by atoms with E-state index < -0.39 is 5.91 Å². The number of nitrogens with two attached hydrogens (primary N) is 1. The summed E-state index contributed by atoms with van der Waals surface area (Å²) in [5.41, 5.74) is 7.72. The molecule has 126 valence electrons. The fourth-order valence-electron chi connectivity index (χ4n) is 2.20. The molecular formula is C17H14ClN5O2. The summed E-state index contributed by atoms with van der Waals surface area (Å²) in [6.45, 7) is 1.48. The number of aromatic nitrogens is 3. The Kier molecular flexibility index (Phi) is 4.49. The standard InChI is InChI=1S/C17H14ClN5O2/c1-10(24)11-2-6-13(7-3-11)20-17(25)15-16(19)23(22-21-15)14-8-4-12(18)5-9-14/h2-9H,19H2,1H3,(H,20,25). The normalized spacial score (nSPS) is 10.5. The number of carbonyl (C=O) groups excluding carboxylic acids is 2. The van der Waals surface area contributed by atoms with Crippen molar-refractivity contribution in [2.75, 3.05) is 11.1 Å². The molecular weight excluding hydrogens is 342 g/mol. The molecule has 1 aromatic heterocycles. The zero-order chi connectivity index (χ0) is 18.0. The summed E-state index contributed by atoms with van der Waals surface area (Å²) in [6, 6.07) is 13.3. The molecule has 0 unspecified atom stereocenters. The second-order valence-corrected chi connectivity index (χ2v) is 5.74. The molecule has 0 fully saturated rings. The van der Waals surface area contributed by atoms with Gasteiger partial charge in [-0.2, -0.15) is 4.68 Å². The quantitative estimate of drug-likeness (QED) is 0.700. The number of nitrogen functional groups attached to an aromatic ring is 1. The maximum Gasteiger partial charge on any atom is 0.280 e. The van der Waals surface area contributed by atoms with Gasteiger partial charge in [-0.3, -0.25) is 9.59 Å². The van der Waals surface area contributed by atoms with Crippen LogP contribution in [-0.2, 0) is 0 Å². The summed E-state index contributed by atoms with van der Waals surface area (Å²) < 4.78 is 1.35. The molecule has 3 N–H and O–H groups in total. The number of hydrogen-bond donors (Lipinski definition) is 2. The predicted octanol–water partition coefficient (Wildman–Crippen LogP) is 2.96. The first-order chi connectivity index (χ1) is 12.0. The van der Waals surface area contributed by atoms with E-state index in [4.69, 9.17) is 17.3 Å². The van der Waals surface area contributed by atoms with Gasteiger partial charge in [0.2, 0.25) is 0 Å². The van der Waals surface area contributed by atoms with Crippen molar-refractivity contribution in [3.8, 4) is 5.69 Å². The predicted molar refractivity (Wildman–Crippen MR) is 95.2 cm³/mol. The highest BCUT2D eigenvalue weighted by Gasteiger charge is 2.18. The van der Waals surface area contributed by atoms with Crippen LogP contribution in [0.2, 0.25) is 5.02 Å². The van der Waals surface area contributed by atoms with Crippen LogP contribution in [-0.4, -0.2) is 26.7 Å². The minimum absolute atomic E-state index is 0.00518. The summed E-state index contributed by atoms with van der Waals surface area (Å²) in [6.07, 6.45) is 0. The molecule has 0 saturated carbocycles. The van der Waals surface area contributed by atoms with Gasteiger partial charge in [-0.05, 0) is 55.5 Å². The van der Waals surface area contributed by atoms with Crippen molar-refractivity contribution >= 4 is 34.8 Å². The Bertz CT molecular complexity index is 933. The van der Waals surface area contributed by atoms with Gasteiger partial charge in [0.25, 0.3) is 5.91 Å². The highest BCUT2D eigenvalue weighted by atomic mass is 35.5. The van der Waals surface area contributed by atoms with Gasteiger partial charge >= 0.3 is 0 Å². The Morgan fingerprint density at radius 1 is 1.08 bits per heavy atom. The number of benzene rings is 2. The van der Waals surface area contributed by atoms with Gasteiger partial charge in [0.05, 0.1) is 5.69 Å². The van der Waals surface area contributed by atoms with E-state index in [0.29, 0.717) is 22.0 Å². The lowest BCUT2D eigenvalue weighted by Crippen LogP contribution is -2.15. The van der Waals surface area contributed by atoms with Gasteiger partial charge in [0.1, 0.15) is 0 Å². The third-order valence-corrected chi connectivity index (χ3v) is 3.79. The average Bonchev–Trinajstić information content (AvgIpc) is 2.98. The van der Waals surface area contributed by atoms with Crippen molar-refractivity contribution in [3.63, 3.8) is 0 Å². The maximum absolute atomic E-state index is 12.4. The molecule has 0 aliphatic rings. The summed E-state index contributed by atoms with van der Waals surface area (Å²) in [4.78, 5) is 23.6. The first kappa shape index (κ1) is 16.7.